The van der Waals surface area contributed by atoms with Crippen molar-refractivity contribution in [2.45, 2.75) is 49.1 Å². The van der Waals surface area contributed by atoms with Crippen LogP contribution < -0.4 is 11.5 Å². The van der Waals surface area contributed by atoms with E-state index in [0.29, 0.717) is 11.4 Å². The van der Waals surface area contributed by atoms with Gasteiger partial charge in [0.1, 0.15) is 54.2 Å². The standard InChI is InChI=1S/C22H27FN10O9P2S/c1-43(35)37-4-10-15(11(23)21(40-10)32-7-30-12-17(24)26-5-28-19(12)32)42-44(36,45-2)38-3-9-14(34)16(41-43)22(39-9)33-8-31-13-18(25)27-6-29-20(13)33/h5-11,14-16,21-22,34H,3-4H2,1-2H3,(H2,24,26,28)(H2,25,27,29)/t9-,10?,11?,14?,15?,16?,21?,22-,43?,44?/m1/s1. The number of hydrogen-bond donors (Lipinski definition) is 3. The number of nitrogen functional groups attached to an aromatic ring is 2. The second kappa shape index (κ2) is 11.4. The summed E-state index contributed by atoms with van der Waals surface area (Å²) in [6.07, 6.45) is -4.71. The molecule has 3 aliphatic rings. The maximum atomic E-state index is 16.2. The van der Waals surface area contributed by atoms with E-state index in [-0.39, 0.29) is 34.0 Å². The van der Waals surface area contributed by atoms with Crippen molar-refractivity contribution in [3.8, 4) is 0 Å². The highest BCUT2D eigenvalue weighted by atomic mass is 32.7. The van der Waals surface area contributed by atoms with Crippen LogP contribution in [0.2, 0.25) is 0 Å². The number of aliphatic hydroxyl groups excluding tert-OH is 1. The molecule has 3 aliphatic heterocycles. The number of nitrogens with zero attached hydrogens (tertiary/aromatic N) is 8. The van der Waals surface area contributed by atoms with Gasteiger partial charge in [-0.15, -0.1) is 0 Å². The predicted molar refractivity (Wildman–Crippen MR) is 154 cm³/mol. The number of aromatic nitrogens is 8. The number of fused-ring (bicyclic) bond motifs is 5. The third-order valence-electron chi connectivity index (χ3n) is 7.56. The van der Waals surface area contributed by atoms with Gasteiger partial charge < -0.3 is 30.6 Å². The van der Waals surface area contributed by atoms with Crippen LogP contribution in [0.15, 0.2) is 25.3 Å². The van der Waals surface area contributed by atoms with Crippen molar-refractivity contribution >= 4 is 59.7 Å². The van der Waals surface area contributed by atoms with E-state index >= 15 is 4.39 Å². The van der Waals surface area contributed by atoms with Crippen LogP contribution in [-0.4, -0.2) is 107 Å². The fraction of sp³-hybridized carbons (Fsp3) is 0.545. The first kappa shape index (κ1) is 30.8. The highest BCUT2D eigenvalue weighted by Crippen LogP contribution is 2.62. The van der Waals surface area contributed by atoms with Crippen LogP contribution in [0.1, 0.15) is 12.5 Å². The molecule has 0 aromatic carbocycles. The minimum absolute atomic E-state index is 0.0793. The number of ether oxygens (including phenoxy) is 2. The van der Waals surface area contributed by atoms with Crippen molar-refractivity contribution < 1.29 is 46.2 Å². The number of halogens is 1. The molecule has 0 amide bonds. The van der Waals surface area contributed by atoms with Crippen molar-refractivity contribution in [2.24, 2.45) is 0 Å². The third-order valence-corrected chi connectivity index (χ3v) is 12.1. The van der Waals surface area contributed by atoms with Gasteiger partial charge in [-0.2, -0.15) is 0 Å². The molecule has 0 radical (unpaired) electrons. The fourth-order valence-corrected chi connectivity index (χ4v) is 8.72. The summed E-state index contributed by atoms with van der Waals surface area (Å²) >= 11 is 0.710. The van der Waals surface area contributed by atoms with Gasteiger partial charge in [-0.1, -0.05) is 0 Å². The van der Waals surface area contributed by atoms with Gasteiger partial charge in [0.15, 0.2) is 41.6 Å². The number of aliphatic hydroxyl groups is 1. The lowest BCUT2D eigenvalue weighted by Gasteiger charge is -2.27. The summed E-state index contributed by atoms with van der Waals surface area (Å²) in [6.45, 7) is -3.95. The van der Waals surface area contributed by atoms with Gasteiger partial charge in [0.05, 0.1) is 25.9 Å². The number of alkyl halides is 1. The van der Waals surface area contributed by atoms with E-state index in [2.05, 4.69) is 29.9 Å². The molecule has 8 unspecified atom stereocenters. The van der Waals surface area contributed by atoms with Gasteiger partial charge in [-0.3, -0.25) is 27.3 Å². The Morgan fingerprint density at radius 2 is 1.44 bits per heavy atom. The van der Waals surface area contributed by atoms with Gasteiger partial charge in [0.2, 0.25) is 0 Å². The molecule has 3 saturated heterocycles. The molecule has 242 valence electrons. The summed E-state index contributed by atoms with van der Waals surface area (Å²) in [4.78, 5) is 24.5. The molecule has 0 saturated carbocycles. The molecule has 7 rings (SSSR count). The summed E-state index contributed by atoms with van der Waals surface area (Å²) in [7, 11) is -4.04. The monoisotopic (exact) mass is 688 g/mol. The van der Waals surface area contributed by atoms with E-state index in [4.69, 9.17) is 39.0 Å². The molecule has 5 N–H and O–H groups in total. The van der Waals surface area contributed by atoms with Crippen molar-refractivity contribution in [3.05, 3.63) is 25.3 Å². The Bertz CT molecular complexity index is 1850. The van der Waals surface area contributed by atoms with Crippen molar-refractivity contribution in [1.82, 2.24) is 39.0 Å². The summed E-state index contributed by atoms with van der Waals surface area (Å²) in [5, 5.41) is 11.2. The number of hydrogen-bond acceptors (Lipinski definition) is 18. The first-order valence-electron chi connectivity index (χ1n) is 13.4. The minimum atomic E-state index is -4.13. The number of rotatable bonds is 3. The van der Waals surface area contributed by atoms with Gasteiger partial charge >= 0.3 is 14.4 Å². The summed E-state index contributed by atoms with van der Waals surface area (Å²) in [6, 6.07) is 0. The molecule has 0 aliphatic carbocycles. The van der Waals surface area contributed by atoms with Crippen LogP contribution in [0.25, 0.3) is 22.3 Å². The molecular weight excluding hydrogens is 661 g/mol. The van der Waals surface area contributed by atoms with E-state index in [1.165, 1.54) is 47.4 Å². The molecule has 19 nitrogen and oxygen atoms in total. The summed E-state index contributed by atoms with van der Waals surface area (Å²) in [5.41, 5.74) is 12.7. The molecule has 45 heavy (non-hydrogen) atoms. The van der Waals surface area contributed by atoms with E-state index < -0.39 is 76.8 Å². The zero-order chi connectivity index (χ0) is 31.7. The van der Waals surface area contributed by atoms with Crippen LogP contribution in [0, 0.1) is 0 Å². The smallest absolute Gasteiger partial charge is 0.387 e. The Labute approximate surface area is 256 Å². The lowest BCUT2D eigenvalue weighted by Crippen LogP contribution is -2.35. The molecule has 0 spiro atoms. The van der Waals surface area contributed by atoms with Gasteiger partial charge in [0, 0.05) is 6.66 Å². The Hall–Kier alpha value is -2.84. The van der Waals surface area contributed by atoms with E-state index in [0.717, 1.165) is 0 Å². The highest BCUT2D eigenvalue weighted by molar-refractivity contribution is 8.54. The topological polar surface area (TPSA) is 249 Å². The van der Waals surface area contributed by atoms with E-state index in [1.54, 1.807) is 0 Å². The largest absolute Gasteiger partial charge is 0.389 e. The Kier molecular flexibility index (Phi) is 7.83. The zero-order valence-electron chi connectivity index (χ0n) is 23.5. The maximum Gasteiger partial charge on any atom is 0.389 e. The van der Waals surface area contributed by atoms with Gasteiger partial charge in [-0.25, -0.2) is 38.9 Å². The Morgan fingerprint density at radius 1 is 0.867 bits per heavy atom. The van der Waals surface area contributed by atoms with Gasteiger partial charge in [0.25, 0.3) is 0 Å². The third kappa shape index (κ3) is 5.40. The Morgan fingerprint density at radius 3 is 2.07 bits per heavy atom. The second-order valence-electron chi connectivity index (χ2n) is 10.4. The van der Waals surface area contributed by atoms with Crippen LogP contribution in [0.4, 0.5) is 16.0 Å². The first-order valence-corrected chi connectivity index (χ1v) is 18.7. The van der Waals surface area contributed by atoms with Crippen LogP contribution in [0.5, 0.6) is 0 Å². The molecule has 3 fully saturated rings. The average molecular weight is 689 g/mol. The molecule has 23 heteroatoms. The van der Waals surface area contributed by atoms with Crippen LogP contribution >= 0.6 is 25.8 Å². The lowest BCUT2D eigenvalue weighted by molar-refractivity contribution is -0.0578. The average Bonchev–Trinajstić information content (AvgIpc) is 3.77. The van der Waals surface area contributed by atoms with Gasteiger partial charge in [-0.05, 0) is 17.6 Å². The molecular formula is C22H27FN10O9P2S. The molecule has 4 aromatic heterocycles. The quantitative estimate of drug-likeness (QED) is 0.258. The molecule has 10 atom stereocenters. The normalized spacial score (nSPS) is 37.7. The van der Waals surface area contributed by atoms with Crippen LogP contribution in [-0.2, 0) is 36.7 Å². The lowest BCUT2D eigenvalue weighted by atomic mass is 10.1. The number of imidazole rings is 2. The highest BCUT2D eigenvalue weighted by Gasteiger charge is 2.54. The van der Waals surface area contributed by atoms with E-state index in [9.17, 15) is 14.2 Å². The predicted octanol–water partition coefficient (Wildman–Crippen LogP) is 1.44. The maximum absolute atomic E-state index is 16.2. The van der Waals surface area contributed by atoms with Crippen molar-refractivity contribution in [2.75, 3.05) is 37.6 Å². The second-order valence-corrected chi connectivity index (χ2v) is 16.5. The Balaban J connectivity index is 1.22. The van der Waals surface area contributed by atoms with E-state index in [1.807, 2.05) is 0 Å². The van der Waals surface area contributed by atoms with Crippen molar-refractivity contribution in [3.63, 3.8) is 0 Å². The SMILES string of the molecule is CSP1(=O)OC[C@H]2O[C@@H](n3cnc4c(N)ncnc43)C(OP(C)(=O)OCC3OC(n4cnc5c(N)ncnc54)C(F)C3O1)C2O. The minimum Gasteiger partial charge on any atom is -0.387 e. The first-order chi connectivity index (χ1) is 21.5. The summed E-state index contributed by atoms with van der Waals surface area (Å²) in [5.74, 6) is 0.185. The number of nitrogens with two attached hydrogens (primary N) is 2. The number of anilines is 2. The molecule has 7 heterocycles. The zero-order valence-corrected chi connectivity index (χ0v) is 26.1. The van der Waals surface area contributed by atoms with Crippen molar-refractivity contribution in [1.29, 1.82) is 0 Å². The fourth-order valence-electron chi connectivity index (χ4n) is 5.38. The van der Waals surface area contributed by atoms with Crippen LogP contribution in [0.3, 0.4) is 0 Å². The summed E-state index contributed by atoms with van der Waals surface area (Å²) < 4.78 is 81.4. The molecule has 4 aromatic rings. The molecule has 2 bridgehead atoms.